The molecule has 0 N–H and O–H groups in total. The number of hydrogen-bond acceptors (Lipinski definition) is 2. The van der Waals surface area contributed by atoms with Crippen molar-refractivity contribution in [2.24, 2.45) is 5.92 Å². The Bertz CT molecular complexity index is 2520. The fraction of sp³-hybridized carbons (Fsp3) is 0.0612. The molecule has 51 heavy (non-hydrogen) atoms. The van der Waals surface area contributed by atoms with E-state index in [4.69, 9.17) is 4.42 Å². The smallest absolute Gasteiger partial charge is 0.135 e. The van der Waals surface area contributed by atoms with Crippen LogP contribution in [0.15, 0.2) is 198 Å². The van der Waals surface area contributed by atoms with Crippen LogP contribution in [0, 0.1) is 5.92 Å². The first kappa shape index (κ1) is 30.7. The van der Waals surface area contributed by atoms with Crippen molar-refractivity contribution >= 4 is 38.9 Å². The van der Waals surface area contributed by atoms with E-state index in [0.717, 1.165) is 39.7 Å². The molecule has 0 aliphatic heterocycles. The van der Waals surface area contributed by atoms with E-state index in [-0.39, 0.29) is 0 Å². The van der Waals surface area contributed by atoms with Gasteiger partial charge in [-0.25, -0.2) is 0 Å². The van der Waals surface area contributed by atoms with E-state index in [0.29, 0.717) is 5.92 Å². The van der Waals surface area contributed by atoms with Crippen molar-refractivity contribution in [1.82, 2.24) is 0 Å². The maximum Gasteiger partial charge on any atom is 0.135 e. The van der Waals surface area contributed by atoms with Gasteiger partial charge in [0, 0.05) is 27.8 Å². The van der Waals surface area contributed by atoms with Gasteiger partial charge in [0.05, 0.1) is 0 Å². The van der Waals surface area contributed by atoms with Gasteiger partial charge in [-0.15, -0.1) is 0 Å². The zero-order valence-corrected chi connectivity index (χ0v) is 28.5. The van der Waals surface area contributed by atoms with E-state index in [2.05, 4.69) is 188 Å². The van der Waals surface area contributed by atoms with Crippen molar-refractivity contribution in [2.45, 2.75) is 13.3 Å². The van der Waals surface area contributed by atoms with Gasteiger partial charge in [-0.2, -0.15) is 0 Å². The number of para-hydroxylation sites is 1. The Kier molecular flexibility index (Phi) is 7.91. The summed E-state index contributed by atoms with van der Waals surface area (Å²) in [6.45, 7) is 2.34. The van der Waals surface area contributed by atoms with E-state index in [1.54, 1.807) is 0 Å². The molecule has 1 atom stereocenters. The highest BCUT2D eigenvalue weighted by atomic mass is 16.3. The summed E-state index contributed by atoms with van der Waals surface area (Å²) in [7, 11) is 0. The topological polar surface area (TPSA) is 16.4 Å². The van der Waals surface area contributed by atoms with Gasteiger partial charge in [0.25, 0.3) is 0 Å². The second-order valence-corrected chi connectivity index (χ2v) is 13.4. The van der Waals surface area contributed by atoms with Crippen molar-refractivity contribution in [3.63, 3.8) is 0 Å². The molecule has 0 saturated heterocycles. The second-order valence-electron chi connectivity index (χ2n) is 13.4. The Morgan fingerprint density at radius 1 is 0.431 bits per heavy atom. The Balaban J connectivity index is 1.06. The van der Waals surface area contributed by atoms with Crippen molar-refractivity contribution in [1.29, 1.82) is 0 Å². The number of hydrogen-bond donors (Lipinski definition) is 0. The molecule has 1 heterocycles. The number of rotatable bonds is 7. The zero-order chi connectivity index (χ0) is 34.1. The Morgan fingerprint density at radius 3 is 1.51 bits per heavy atom. The van der Waals surface area contributed by atoms with Crippen molar-refractivity contribution < 1.29 is 4.42 Å². The Labute approximate surface area is 299 Å². The molecule has 1 aliphatic rings. The molecule has 1 aliphatic carbocycles. The lowest BCUT2D eigenvalue weighted by atomic mass is 9.86. The monoisotopic (exact) mass is 655 g/mol. The third-order valence-corrected chi connectivity index (χ3v) is 10.2. The molecular weight excluding hydrogens is 619 g/mol. The van der Waals surface area contributed by atoms with Gasteiger partial charge in [-0.05, 0) is 105 Å². The van der Waals surface area contributed by atoms with Crippen molar-refractivity contribution in [2.75, 3.05) is 4.90 Å². The molecule has 1 unspecified atom stereocenters. The summed E-state index contributed by atoms with van der Waals surface area (Å²) < 4.78 is 6.10. The Morgan fingerprint density at radius 2 is 0.902 bits per heavy atom. The maximum absolute atomic E-state index is 6.10. The maximum atomic E-state index is 6.10. The lowest BCUT2D eigenvalue weighted by Gasteiger charge is -2.32. The number of anilines is 2. The minimum absolute atomic E-state index is 0.382. The molecule has 244 valence electrons. The summed E-state index contributed by atoms with van der Waals surface area (Å²) in [6, 6.07) is 62.9. The SMILES string of the molecule is CC1CC(N(c2ccc(-c3ccc(-c4ccccc4)cc3)cc2)c2ccc(-c3ccc4oc5ccccc5c4c3)cc2)=CC=C1c1ccccc1. The van der Waals surface area contributed by atoms with Crippen LogP contribution in [0.4, 0.5) is 11.4 Å². The van der Waals surface area contributed by atoms with E-state index < -0.39 is 0 Å². The van der Waals surface area contributed by atoms with Crippen LogP contribution in [0.2, 0.25) is 0 Å². The summed E-state index contributed by atoms with van der Waals surface area (Å²) in [5, 5.41) is 2.29. The number of nitrogens with zero attached hydrogens (tertiary/aromatic N) is 1. The molecule has 9 rings (SSSR count). The summed E-state index contributed by atoms with van der Waals surface area (Å²) in [6.07, 6.45) is 5.56. The quantitative estimate of drug-likeness (QED) is 0.170. The van der Waals surface area contributed by atoms with Gasteiger partial charge in [-0.3, -0.25) is 0 Å². The number of benzene rings is 7. The zero-order valence-electron chi connectivity index (χ0n) is 28.5. The highest BCUT2D eigenvalue weighted by molar-refractivity contribution is 6.06. The van der Waals surface area contributed by atoms with Crippen LogP contribution in [-0.2, 0) is 0 Å². The average molecular weight is 656 g/mol. The van der Waals surface area contributed by atoms with Crippen LogP contribution >= 0.6 is 0 Å². The molecule has 0 radical (unpaired) electrons. The van der Waals surface area contributed by atoms with Crippen molar-refractivity contribution in [3.05, 3.63) is 199 Å². The van der Waals surface area contributed by atoms with Gasteiger partial charge in [0.1, 0.15) is 11.2 Å². The van der Waals surface area contributed by atoms with Crippen LogP contribution in [0.3, 0.4) is 0 Å². The largest absolute Gasteiger partial charge is 0.456 e. The summed E-state index contributed by atoms with van der Waals surface area (Å²) in [5.74, 6) is 0.382. The number of allylic oxidation sites excluding steroid dienone is 4. The van der Waals surface area contributed by atoms with Crippen LogP contribution in [0.5, 0.6) is 0 Å². The van der Waals surface area contributed by atoms with Crippen LogP contribution in [-0.4, -0.2) is 0 Å². The molecule has 0 amide bonds. The van der Waals surface area contributed by atoms with Crippen molar-refractivity contribution in [3.8, 4) is 33.4 Å². The third kappa shape index (κ3) is 5.96. The van der Waals surface area contributed by atoms with Gasteiger partial charge >= 0.3 is 0 Å². The summed E-state index contributed by atoms with van der Waals surface area (Å²) in [4.78, 5) is 2.42. The first-order valence-corrected chi connectivity index (χ1v) is 17.7. The third-order valence-electron chi connectivity index (χ3n) is 10.2. The molecule has 8 aromatic rings. The van der Waals surface area contributed by atoms with E-state index >= 15 is 0 Å². The van der Waals surface area contributed by atoms with Crippen LogP contribution in [0.1, 0.15) is 18.9 Å². The summed E-state index contributed by atoms with van der Waals surface area (Å²) >= 11 is 0. The number of fused-ring (bicyclic) bond motifs is 3. The highest BCUT2D eigenvalue weighted by Gasteiger charge is 2.23. The molecule has 0 fully saturated rings. The fourth-order valence-corrected chi connectivity index (χ4v) is 7.50. The predicted octanol–water partition coefficient (Wildman–Crippen LogP) is 13.7. The highest BCUT2D eigenvalue weighted by Crippen LogP contribution is 2.40. The first-order chi connectivity index (χ1) is 25.2. The lowest BCUT2D eigenvalue weighted by molar-refractivity contribution is 0.669. The number of furan rings is 1. The van der Waals surface area contributed by atoms with Gasteiger partial charge in [-0.1, -0.05) is 146 Å². The van der Waals surface area contributed by atoms with E-state index in [1.165, 1.54) is 50.2 Å². The first-order valence-electron chi connectivity index (χ1n) is 17.7. The molecule has 2 heteroatoms. The van der Waals surface area contributed by atoms with E-state index in [9.17, 15) is 0 Å². The predicted molar refractivity (Wildman–Crippen MR) is 215 cm³/mol. The molecule has 0 saturated carbocycles. The Hall–Kier alpha value is -6.38. The fourth-order valence-electron chi connectivity index (χ4n) is 7.50. The minimum atomic E-state index is 0.382. The molecule has 0 spiro atoms. The summed E-state index contributed by atoms with van der Waals surface area (Å²) in [5.41, 5.74) is 15.3. The van der Waals surface area contributed by atoms with E-state index in [1.807, 2.05) is 12.1 Å². The molecule has 1 aromatic heterocycles. The molecular formula is C49H37NO. The van der Waals surface area contributed by atoms with Gasteiger partial charge in [0.15, 0.2) is 0 Å². The molecule has 0 bridgehead atoms. The normalized spacial score (nSPS) is 14.3. The molecule has 7 aromatic carbocycles. The average Bonchev–Trinajstić information content (AvgIpc) is 3.57. The van der Waals surface area contributed by atoms with Gasteiger partial charge in [0.2, 0.25) is 0 Å². The van der Waals surface area contributed by atoms with Crippen LogP contribution in [0.25, 0.3) is 60.9 Å². The second kappa shape index (κ2) is 13.2. The lowest BCUT2D eigenvalue weighted by Crippen LogP contribution is -2.20. The van der Waals surface area contributed by atoms with Gasteiger partial charge < -0.3 is 9.32 Å². The molecule has 2 nitrogen and oxygen atoms in total. The minimum Gasteiger partial charge on any atom is -0.456 e. The van der Waals surface area contributed by atoms with Crippen LogP contribution < -0.4 is 4.90 Å². The standard InChI is InChI=1S/C49H37NO/c1-34-32-44(29-30-45(34)40-12-6-3-7-13-40)50(42-25-20-38(21-26-42)37-18-16-36(17-19-37)35-10-4-2-5-11-35)43-27-22-39(23-28-43)41-24-31-49-47(33-41)46-14-8-9-15-48(46)51-49/h2-31,33-34H,32H2,1H3.